The molecule has 1 aromatic heterocycles. The van der Waals surface area contributed by atoms with Gasteiger partial charge in [-0.1, -0.05) is 0 Å². The molecule has 1 aromatic rings. The number of rotatable bonds is 4. The van der Waals surface area contributed by atoms with Crippen molar-refractivity contribution in [2.75, 3.05) is 26.7 Å². The summed E-state index contributed by atoms with van der Waals surface area (Å²) in [7, 11) is 2.17. The number of aromatic nitrogens is 1. The Balaban J connectivity index is 1.64. The predicted octanol–water partition coefficient (Wildman–Crippen LogP) is 1.60. The van der Waals surface area contributed by atoms with E-state index in [1.807, 2.05) is 0 Å². The van der Waals surface area contributed by atoms with Crippen molar-refractivity contribution >= 4 is 17.2 Å². The molecule has 0 atom stereocenters. The third-order valence-corrected chi connectivity index (χ3v) is 3.93. The van der Waals surface area contributed by atoms with Crippen LogP contribution in [0.2, 0.25) is 0 Å². The lowest BCUT2D eigenvalue weighted by Gasteiger charge is -2.28. The van der Waals surface area contributed by atoms with Crippen LogP contribution in [0.4, 0.5) is 0 Å². The number of carbonyl (C=O) groups excluding carboxylic acids is 1. The van der Waals surface area contributed by atoms with Crippen LogP contribution in [0.3, 0.4) is 0 Å². The molecule has 0 saturated carbocycles. The van der Waals surface area contributed by atoms with Crippen LogP contribution in [-0.2, 0) is 0 Å². The Hall–Kier alpha value is -0.940. The van der Waals surface area contributed by atoms with Gasteiger partial charge in [-0.25, -0.2) is 4.98 Å². The molecule has 1 aliphatic rings. The van der Waals surface area contributed by atoms with E-state index < -0.39 is 0 Å². The summed E-state index contributed by atoms with van der Waals surface area (Å²) < 4.78 is 0. The Kier molecular flexibility index (Phi) is 4.50. The van der Waals surface area contributed by atoms with Gasteiger partial charge in [-0.3, -0.25) is 4.79 Å². The quantitative estimate of drug-likeness (QED) is 0.886. The fourth-order valence-corrected chi connectivity index (χ4v) is 2.69. The molecule has 5 heteroatoms. The van der Waals surface area contributed by atoms with E-state index in [1.54, 1.807) is 10.9 Å². The second-order valence-corrected chi connectivity index (χ2v) is 5.38. The van der Waals surface area contributed by atoms with Crippen molar-refractivity contribution in [3.05, 3.63) is 16.6 Å². The molecule has 1 saturated heterocycles. The van der Waals surface area contributed by atoms with E-state index in [2.05, 4.69) is 22.2 Å². The minimum atomic E-state index is -0.0424. The highest BCUT2D eigenvalue weighted by atomic mass is 32.1. The normalized spacial score (nSPS) is 18.2. The van der Waals surface area contributed by atoms with E-state index in [0.717, 1.165) is 18.9 Å². The van der Waals surface area contributed by atoms with Gasteiger partial charge >= 0.3 is 0 Å². The topological polar surface area (TPSA) is 45.2 Å². The molecule has 1 fully saturated rings. The van der Waals surface area contributed by atoms with E-state index in [4.69, 9.17) is 0 Å². The molecule has 2 rings (SSSR count). The van der Waals surface area contributed by atoms with Gasteiger partial charge < -0.3 is 10.2 Å². The molecular weight excluding hydrogens is 234 g/mol. The highest BCUT2D eigenvalue weighted by Gasteiger charge is 2.16. The molecule has 17 heavy (non-hydrogen) atoms. The van der Waals surface area contributed by atoms with E-state index in [-0.39, 0.29) is 5.91 Å². The number of hydrogen-bond acceptors (Lipinski definition) is 4. The van der Waals surface area contributed by atoms with Crippen molar-refractivity contribution in [2.45, 2.75) is 19.3 Å². The molecule has 0 aromatic carbocycles. The van der Waals surface area contributed by atoms with Crippen LogP contribution >= 0.6 is 11.3 Å². The second-order valence-electron chi connectivity index (χ2n) is 4.66. The summed E-state index contributed by atoms with van der Waals surface area (Å²) in [5.41, 5.74) is 2.23. The molecule has 0 aliphatic carbocycles. The standard InChI is InChI=1S/C12H19N3OS/c1-15-6-3-10(4-7-15)2-5-13-12(16)11-8-17-9-14-11/h8-10H,2-7H2,1H3,(H,13,16). The monoisotopic (exact) mass is 253 g/mol. The largest absolute Gasteiger partial charge is 0.351 e. The van der Waals surface area contributed by atoms with Crippen LogP contribution in [0.1, 0.15) is 29.8 Å². The summed E-state index contributed by atoms with van der Waals surface area (Å²) in [6, 6.07) is 0. The van der Waals surface area contributed by atoms with Crippen LogP contribution in [0.5, 0.6) is 0 Å². The van der Waals surface area contributed by atoms with E-state index in [1.165, 1.54) is 37.3 Å². The zero-order chi connectivity index (χ0) is 12.1. The maximum absolute atomic E-state index is 11.6. The fourth-order valence-electron chi connectivity index (χ4n) is 2.16. The predicted molar refractivity (Wildman–Crippen MR) is 69.3 cm³/mol. The Morgan fingerprint density at radius 1 is 1.59 bits per heavy atom. The number of nitrogens with zero attached hydrogens (tertiary/aromatic N) is 2. The lowest BCUT2D eigenvalue weighted by molar-refractivity contribution is 0.0944. The van der Waals surface area contributed by atoms with Crippen molar-refractivity contribution < 1.29 is 4.79 Å². The van der Waals surface area contributed by atoms with Crippen molar-refractivity contribution in [3.8, 4) is 0 Å². The van der Waals surface area contributed by atoms with Crippen molar-refractivity contribution in [1.82, 2.24) is 15.2 Å². The average molecular weight is 253 g/mol. The van der Waals surface area contributed by atoms with Crippen LogP contribution in [0.25, 0.3) is 0 Å². The summed E-state index contributed by atoms with van der Waals surface area (Å²) in [4.78, 5) is 18.0. The second kappa shape index (κ2) is 6.12. The first kappa shape index (κ1) is 12.5. The number of amides is 1. The van der Waals surface area contributed by atoms with Gasteiger partial charge in [0.15, 0.2) is 0 Å². The van der Waals surface area contributed by atoms with Crippen LogP contribution in [-0.4, -0.2) is 42.5 Å². The highest BCUT2D eigenvalue weighted by Crippen LogP contribution is 2.18. The molecular formula is C12H19N3OS. The van der Waals surface area contributed by atoms with E-state index in [9.17, 15) is 4.79 Å². The Labute approximate surface area is 106 Å². The molecule has 0 spiro atoms. The minimum Gasteiger partial charge on any atom is -0.351 e. The molecule has 2 heterocycles. The van der Waals surface area contributed by atoms with Gasteiger partial charge in [-0.2, -0.15) is 0 Å². The molecule has 94 valence electrons. The number of piperidine rings is 1. The van der Waals surface area contributed by atoms with E-state index >= 15 is 0 Å². The van der Waals surface area contributed by atoms with Gasteiger partial charge in [0.2, 0.25) is 0 Å². The number of likely N-dealkylation sites (tertiary alicyclic amines) is 1. The van der Waals surface area contributed by atoms with Crippen molar-refractivity contribution in [3.63, 3.8) is 0 Å². The molecule has 0 radical (unpaired) electrons. The van der Waals surface area contributed by atoms with Crippen molar-refractivity contribution in [2.24, 2.45) is 5.92 Å². The molecule has 0 unspecified atom stereocenters. The first-order chi connectivity index (χ1) is 8.25. The third kappa shape index (κ3) is 3.78. The smallest absolute Gasteiger partial charge is 0.270 e. The van der Waals surface area contributed by atoms with Gasteiger partial charge in [-0.05, 0) is 45.3 Å². The highest BCUT2D eigenvalue weighted by molar-refractivity contribution is 7.07. The SMILES string of the molecule is CN1CCC(CCNC(=O)c2cscn2)CC1. The number of thiazole rings is 1. The van der Waals surface area contributed by atoms with E-state index in [0.29, 0.717) is 5.69 Å². The Morgan fingerprint density at radius 3 is 3.00 bits per heavy atom. The first-order valence-electron chi connectivity index (χ1n) is 6.10. The third-order valence-electron chi connectivity index (χ3n) is 3.34. The minimum absolute atomic E-state index is 0.0424. The molecule has 1 amide bonds. The zero-order valence-electron chi connectivity index (χ0n) is 10.2. The average Bonchev–Trinajstić information content (AvgIpc) is 2.85. The van der Waals surface area contributed by atoms with Gasteiger partial charge in [0.1, 0.15) is 5.69 Å². The summed E-state index contributed by atoms with van der Waals surface area (Å²) >= 11 is 1.45. The van der Waals surface area contributed by atoms with Gasteiger partial charge in [0.25, 0.3) is 5.91 Å². The molecule has 1 aliphatic heterocycles. The number of carbonyl (C=O) groups is 1. The zero-order valence-corrected chi connectivity index (χ0v) is 11.0. The number of hydrogen-bond donors (Lipinski definition) is 1. The fraction of sp³-hybridized carbons (Fsp3) is 0.667. The van der Waals surface area contributed by atoms with Gasteiger partial charge in [-0.15, -0.1) is 11.3 Å². The van der Waals surface area contributed by atoms with Crippen molar-refractivity contribution in [1.29, 1.82) is 0 Å². The van der Waals surface area contributed by atoms with Crippen LogP contribution < -0.4 is 5.32 Å². The lowest BCUT2D eigenvalue weighted by Crippen LogP contribution is -2.32. The molecule has 4 nitrogen and oxygen atoms in total. The summed E-state index contributed by atoms with van der Waals surface area (Å²) in [6.07, 6.45) is 3.59. The van der Waals surface area contributed by atoms with Crippen LogP contribution in [0.15, 0.2) is 10.9 Å². The van der Waals surface area contributed by atoms with Gasteiger partial charge in [0.05, 0.1) is 5.51 Å². The maximum atomic E-state index is 11.6. The van der Waals surface area contributed by atoms with Crippen LogP contribution in [0, 0.1) is 5.92 Å². The summed E-state index contributed by atoms with van der Waals surface area (Å²) in [5.74, 6) is 0.723. The summed E-state index contributed by atoms with van der Waals surface area (Å²) in [6.45, 7) is 3.14. The van der Waals surface area contributed by atoms with Gasteiger partial charge in [0, 0.05) is 11.9 Å². The lowest BCUT2D eigenvalue weighted by atomic mass is 9.94. The maximum Gasteiger partial charge on any atom is 0.270 e. The molecule has 1 N–H and O–H groups in total. The molecule has 0 bridgehead atoms. The first-order valence-corrected chi connectivity index (χ1v) is 7.05. The number of nitrogens with one attached hydrogen (secondary N) is 1. The Morgan fingerprint density at radius 2 is 2.35 bits per heavy atom. The summed E-state index contributed by atoms with van der Waals surface area (Å²) in [5, 5.41) is 4.72. The Bertz CT molecular complexity index is 345.